The summed E-state index contributed by atoms with van der Waals surface area (Å²) in [5.74, 6) is 0.524. The van der Waals surface area contributed by atoms with Crippen LogP contribution >= 0.6 is 22.7 Å². The van der Waals surface area contributed by atoms with Gasteiger partial charge < -0.3 is 0 Å². The number of thiazole rings is 2. The van der Waals surface area contributed by atoms with Crippen molar-refractivity contribution in [3.05, 3.63) is 87.1 Å². The maximum atomic E-state index is 12.9. The fourth-order valence-corrected chi connectivity index (χ4v) is 6.55. The van der Waals surface area contributed by atoms with Crippen molar-refractivity contribution in [3.8, 4) is 11.3 Å². The normalized spacial score (nSPS) is 15.6. The predicted molar refractivity (Wildman–Crippen MR) is 132 cm³/mol. The SMILES string of the molecule is O=c1cc(CN2CCC(c3nc4ccccc4s3)CC2)nc2scc(-c3ccccc3)n12. The van der Waals surface area contributed by atoms with E-state index in [2.05, 4.69) is 29.2 Å². The van der Waals surface area contributed by atoms with Crippen LogP contribution in [0.15, 0.2) is 70.8 Å². The average Bonchev–Trinajstić information content (AvgIpc) is 3.45. The molecular weight excluding hydrogens is 436 g/mol. The topological polar surface area (TPSA) is 50.5 Å². The molecule has 3 aromatic heterocycles. The lowest BCUT2D eigenvalue weighted by molar-refractivity contribution is 0.202. The number of hydrogen-bond acceptors (Lipinski definition) is 6. The molecule has 32 heavy (non-hydrogen) atoms. The van der Waals surface area contributed by atoms with Crippen LogP contribution in [-0.4, -0.2) is 32.4 Å². The highest BCUT2D eigenvalue weighted by Gasteiger charge is 2.24. The number of fused-ring (bicyclic) bond motifs is 2. The molecule has 0 radical (unpaired) electrons. The summed E-state index contributed by atoms with van der Waals surface area (Å²) in [4.78, 5) is 25.8. The van der Waals surface area contributed by atoms with E-state index in [0.717, 1.165) is 59.9 Å². The van der Waals surface area contributed by atoms with Gasteiger partial charge in [-0.05, 0) is 43.6 Å². The minimum atomic E-state index is -0.00513. The standard InChI is InChI=1S/C25H22N4OS2/c30-23-14-19(26-25-29(23)21(16-31-25)17-6-2-1-3-7-17)15-28-12-10-18(11-13-28)24-27-20-8-4-5-9-22(20)32-24/h1-9,14,16,18H,10-13,15H2. The summed E-state index contributed by atoms with van der Waals surface area (Å²) in [6.45, 7) is 2.72. The van der Waals surface area contributed by atoms with Crippen molar-refractivity contribution in [2.45, 2.75) is 25.3 Å². The first-order valence-corrected chi connectivity index (χ1v) is 12.6. The zero-order valence-electron chi connectivity index (χ0n) is 17.5. The summed E-state index contributed by atoms with van der Waals surface area (Å²) in [6, 6.07) is 20.1. The number of para-hydroxylation sites is 1. The minimum absolute atomic E-state index is 0.00513. The molecule has 6 rings (SSSR count). The molecule has 1 saturated heterocycles. The Kier molecular flexibility index (Phi) is 5.09. The van der Waals surface area contributed by atoms with Gasteiger partial charge in [0.2, 0.25) is 0 Å². The number of aromatic nitrogens is 3. The zero-order valence-corrected chi connectivity index (χ0v) is 19.1. The van der Waals surface area contributed by atoms with Gasteiger partial charge in [0, 0.05) is 23.9 Å². The molecule has 0 amide bonds. The summed E-state index contributed by atoms with van der Waals surface area (Å²) in [6.07, 6.45) is 2.19. The average molecular weight is 459 g/mol. The lowest BCUT2D eigenvalue weighted by atomic mass is 9.97. The lowest BCUT2D eigenvalue weighted by Gasteiger charge is -2.30. The Bertz CT molecular complexity index is 1410. The summed E-state index contributed by atoms with van der Waals surface area (Å²) in [5.41, 5.74) is 3.90. The third-order valence-corrected chi connectivity index (χ3v) is 8.18. The van der Waals surface area contributed by atoms with Crippen LogP contribution in [0.25, 0.3) is 26.4 Å². The molecule has 1 fully saturated rings. The van der Waals surface area contributed by atoms with Crippen LogP contribution in [0.1, 0.15) is 29.5 Å². The fourth-order valence-electron chi connectivity index (χ4n) is 4.49. The van der Waals surface area contributed by atoms with Crippen LogP contribution in [0.5, 0.6) is 0 Å². The molecule has 0 unspecified atom stereocenters. The largest absolute Gasteiger partial charge is 0.297 e. The molecule has 0 atom stereocenters. The van der Waals surface area contributed by atoms with Gasteiger partial charge >= 0.3 is 0 Å². The summed E-state index contributed by atoms with van der Waals surface area (Å²) >= 11 is 3.35. The predicted octanol–water partition coefficient (Wildman–Crippen LogP) is 5.41. The van der Waals surface area contributed by atoms with Gasteiger partial charge in [-0.25, -0.2) is 9.97 Å². The van der Waals surface area contributed by atoms with E-state index >= 15 is 0 Å². The molecule has 160 valence electrons. The molecule has 1 aliphatic heterocycles. The highest BCUT2D eigenvalue weighted by atomic mass is 32.1. The molecule has 5 aromatic rings. The Morgan fingerprint density at radius 3 is 2.56 bits per heavy atom. The molecule has 0 spiro atoms. The van der Waals surface area contributed by atoms with Crippen LogP contribution in [-0.2, 0) is 6.54 Å². The molecule has 2 aromatic carbocycles. The molecule has 0 N–H and O–H groups in total. The van der Waals surface area contributed by atoms with Gasteiger partial charge in [0.15, 0.2) is 4.96 Å². The lowest BCUT2D eigenvalue weighted by Crippen LogP contribution is -2.33. The Labute approximate surface area is 193 Å². The molecule has 4 heterocycles. The Balaban J connectivity index is 1.18. The number of rotatable bonds is 4. The molecule has 0 saturated carbocycles. The van der Waals surface area contributed by atoms with Gasteiger partial charge in [-0.3, -0.25) is 14.1 Å². The fraction of sp³-hybridized carbons (Fsp3) is 0.240. The van der Waals surface area contributed by atoms with Crippen LogP contribution in [0.2, 0.25) is 0 Å². The monoisotopic (exact) mass is 458 g/mol. The second-order valence-electron chi connectivity index (χ2n) is 8.26. The number of benzene rings is 2. The van der Waals surface area contributed by atoms with Gasteiger partial charge in [0.25, 0.3) is 5.56 Å². The third kappa shape index (κ3) is 3.66. The zero-order chi connectivity index (χ0) is 21.5. The number of piperidine rings is 1. The van der Waals surface area contributed by atoms with Gasteiger partial charge in [0.1, 0.15) is 0 Å². The molecule has 7 heteroatoms. The summed E-state index contributed by atoms with van der Waals surface area (Å²) in [7, 11) is 0. The van der Waals surface area contributed by atoms with E-state index in [1.165, 1.54) is 21.0 Å². The van der Waals surface area contributed by atoms with Crippen LogP contribution in [0, 0.1) is 0 Å². The van der Waals surface area contributed by atoms with E-state index in [1.807, 2.05) is 47.0 Å². The first kappa shape index (κ1) is 19.8. The first-order valence-electron chi connectivity index (χ1n) is 10.9. The second kappa shape index (κ2) is 8.24. The highest BCUT2D eigenvalue weighted by molar-refractivity contribution is 7.18. The van der Waals surface area contributed by atoms with E-state index in [1.54, 1.807) is 10.5 Å². The molecule has 1 aliphatic rings. The minimum Gasteiger partial charge on any atom is -0.297 e. The van der Waals surface area contributed by atoms with Crippen LogP contribution in [0.3, 0.4) is 0 Å². The van der Waals surface area contributed by atoms with Gasteiger partial charge in [-0.15, -0.1) is 22.7 Å². The Morgan fingerprint density at radius 1 is 0.969 bits per heavy atom. The van der Waals surface area contributed by atoms with E-state index < -0.39 is 0 Å². The van der Waals surface area contributed by atoms with Crippen molar-refractivity contribution in [2.75, 3.05) is 13.1 Å². The highest BCUT2D eigenvalue weighted by Crippen LogP contribution is 2.34. The van der Waals surface area contributed by atoms with E-state index in [0.29, 0.717) is 5.92 Å². The van der Waals surface area contributed by atoms with Crippen LogP contribution < -0.4 is 5.56 Å². The van der Waals surface area contributed by atoms with E-state index in [9.17, 15) is 4.79 Å². The van der Waals surface area contributed by atoms with Crippen molar-refractivity contribution in [2.24, 2.45) is 0 Å². The quantitative estimate of drug-likeness (QED) is 0.361. The van der Waals surface area contributed by atoms with Crippen LogP contribution in [0.4, 0.5) is 0 Å². The van der Waals surface area contributed by atoms with E-state index in [-0.39, 0.29) is 5.56 Å². The number of likely N-dealkylation sites (tertiary alicyclic amines) is 1. The maximum Gasteiger partial charge on any atom is 0.259 e. The maximum absolute atomic E-state index is 12.9. The van der Waals surface area contributed by atoms with Crippen molar-refractivity contribution >= 4 is 37.9 Å². The molecule has 0 aliphatic carbocycles. The van der Waals surface area contributed by atoms with Crippen molar-refractivity contribution < 1.29 is 0 Å². The number of nitrogens with zero attached hydrogens (tertiary/aromatic N) is 4. The first-order chi connectivity index (χ1) is 15.7. The molecule has 0 bridgehead atoms. The van der Waals surface area contributed by atoms with Gasteiger partial charge in [0.05, 0.1) is 26.6 Å². The van der Waals surface area contributed by atoms with Crippen molar-refractivity contribution in [3.63, 3.8) is 0 Å². The smallest absolute Gasteiger partial charge is 0.259 e. The summed E-state index contributed by atoms with van der Waals surface area (Å²) < 4.78 is 3.00. The van der Waals surface area contributed by atoms with Gasteiger partial charge in [-0.1, -0.05) is 42.5 Å². The van der Waals surface area contributed by atoms with Crippen molar-refractivity contribution in [1.82, 2.24) is 19.3 Å². The number of hydrogen-bond donors (Lipinski definition) is 0. The van der Waals surface area contributed by atoms with Crippen molar-refractivity contribution in [1.29, 1.82) is 0 Å². The third-order valence-electron chi connectivity index (χ3n) is 6.16. The summed E-state index contributed by atoms with van der Waals surface area (Å²) in [5, 5.41) is 3.28. The Morgan fingerprint density at radius 2 is 1.75 bits per heavy atom. The van der Waals surface area contributed by atoms with E-state index in [4.69, 9.17) is 9.97 Å². The second-order valence-corrected chi connectivity index (χ2v) is 10.2. The molecular formula is C25H22N4OS2. The van der Waals surface area contributed by atoms with Gasteiger partial charge in [-0.2, -0.15) is 0 Å². The molecule has 5 nitrogen and oxygen atoms in total. The Hall–Kier alpha value is -2.87.